The molecule has 82 valence electrons. The average molecular weight is 233 g/mol. The molecule has 1 amide bonds. The third-order valence-corrected chi connectivity index (χ3v) is 2.81. The van der Waals surface area contributed by atoms with Crippen molar-refractivity contribution >= 4 is 23.5 Å². The Morgan fingerprint density at radius 2 is 2.44 bits per heavy atom. The first-order valence-electron chi connectivity index (χ1n) is 4.82. The molecular weight excluding hydrogens is 222 g/mol. The van der Waals surface area contributed by atoms with E-state index >= 15 is 0 Å². The molecule has 4 nitrogen and oxygen atoms in total. The van der Waals surface area contributed by atoms with Crippen molar-refractivity contribution in [3.8, 4) is 0 Å². The van der Waals surface area contributed by atoms with Crippen LogP contribution in [0.15, 0.2) is 40.9 Å². The van der Waals surface area contributed by atoms with Crippen LogP contribution >= 0.6 is 11.3 Å². The molecule has 2 aromatic rings. The second-order valence-corrected chi connectivity index (χ2v) is 4.21. The van der Waals surface area contributed by atoms with Gasteiger partial charge in [0, 0.05) is 11.1 Å². The van der Waals surface area contributed by atoms with Crippen LogP contribution in [0.3, 0.4) is 0 Å². The molecule has 0 spiro atoms. The van der Waals surface area contributed by atoms with E-state index in [4.69, 9.17) is 0 Å². The standard InChI is InChI=1S/C11H11N3OS/c15-11(7-10-4-2-6-16-10)14-13-8-9-3-1-5-12-9/h1-6,8,12H,7H2,(H,14,15)/b13-8-. The van der Waals surface area contributed by atoms with Gasteiger partial charge < -0.3 is 4.98 Å². The van der Waals surface area contributed by atoms with Crippen molar-refractivity contribution in [1.29, 1.82) is 0 Å². The zero-order valence-corrected chi connectivity index (χ0v) is 9.33. The first-order valence-corrected chi connectivity index (χ1v) is 5.70. The minimum absolute atomic E-state index is 0.106. The lowest BCUT2D eigenvalue weighted by Gasteiger charge is -1.96. The number of aromatic nitrogens is 1. The summed E-state index contributed by atoms with van der Waals surface area (Å²) in [5.41, 5.74) is 3.33. The molecule has 16 heavy (non-hydrogen) atoms. The Morgan fingerprint density at radius 3 is 3.12 bits per heavy atom. The normalized spacial score (nSPS) is 10.8. The van der Waals surface area contributed by atoms with E-state index in [1.54, 1.807) is 23.7 Å². The zero-order valence-electron chi connectivity index (χ0n) is 8.51. The second kappa shape index (κ2) is 5.27. The first-order chi connectivity index (χ1) is 7.84. The van der Waals surface area contributed by atoms with E-state index in [1.165, 1.54) is 0 Å². The van der Waals surface area contributed by atoms with Crippen LogP contribution in [0.25, 0.3) is 0 Å². The summed E-state index contributed by atoms with van der Waals surface area (Å²) in [4.78, 5) is 15.4. The van der Waals surface area contributed by atoms with E-state index in [9.17, 15) is 4.79 Å². The van der Waals surface area contributed by atoms with Gasteiger partial charge in [-0.2, -0.15) is 5.10 Å². The van der Waals surface area contributed by atoms with Crippen LogP contribution in [0, 0.1) is 0 Å². The molecule has 0 saturated carbocycles. The molecular formula is C11H11N3OS. The Bertz CT molecular complexity index is 459. The molecule has 0 saturated heterocycles. The van der Waals surface area contributed by atoms with Crippen LogP contribution in [-0.4, -0.2) is 17.1 Å². The predicted octanol–water partition coefficient (Wildman–Crippen LogP) is 1.77. The summed E-state index contributed by atoms with van der Waals surface area (Å²) in [7, 11) is 0. The van der Waals surface area contributed by atoms with Gasteiger partial charge in [0.05, 0.1) is 18.3 Å². The van der Waals surface area contributed by atoms with Gasteiger partial charge in [-0.3, -0.25) is 4.79 Å². The molecule has 2 N–H and O–H groups in total. The third kappa shape index (κ3) is 3.06. The minimum atomic E-state index is -0.106. The number of thiophene rings is 1. The van der Waals surface area contributed by atoms with Crippen LogP contribution in [0.1, 0.15) is 10.6 Å². The van der Waals surface area contributed by atoms with E-state index in [0.29, 0.717) is 6.42 Å². The zero-order chi connectivity index (χ0) is 11.2. The number of H-pyrrole nitrogens is 1. The lowest BCUT2D eigenvalue weighted by Crippen LogP contribution is -2.19. The fraction of sp³-hybridized carbons (Fsp3) is 0.0909. The van der Waals surface area contributed by atoms with E-state index in [1.807, 2.05) is 29.6 Å². The number of rotatable bonds is 4. The summed E-state index contributed by atoms with van der Waals surface area (Å²) in [5.74, 6) is -0.106. The number of amides is 1. The van der Waals surface area contributed by atoms with Gasteiger partial charge in [0.2, 0.25) is 5.91 Å². The molecule has 2 aromatic heterocycles. The minimum Gasteiger partial charge on any atom is -0.360 e. The Hall–Kier alpha value is -1.88. The quantitative estimate of drug-likeness (QED) is 0.613. The van der Waals surface area contributed by atoms with Crippen LogP contribution in [-0.2, 0) is 11.2 Å². The summed E-state index contributed by atoms with van der Waals surface area (Å²) < 4.78 is 0. The molecule has 0 atom stereocenters. The smallest absolute Gasteiger partial charge is 0.245 e. The van der Waals surface area contributed by atoms with Crippen LogP contribution in [0.5, 0.6) is 0 Å². The maximum Gasteiger partial charge on any atom is 0.245 e. The maximum atomic E-state index is 11.4. The highest BCUT2D eigenvalue weighted by Crippen LogP contribution is 2.08. The van der Waals surface area contributed by atoms with Gasteiger partial charge in [0.25, 0.3) is 0 Å². The lowest BCUT2D eigenvalue weighted by molar-refractivity contribution is -0.120. The van der Waals surface area contributed by atoms with Gasteiger partial charge in [0.15, 0.2) is 0 Å². The van der Waals surface area contributed by atoms with Crippen LogP contribution in [0.2, 0.25) is 0 Å². The molecule has 2 rings (SSSR count). The summed E-state index contributed by atoms with van der Waals surface area (Å²) in [5, 5.41) is 5.79. The van der Waals surface area contributed by atoms with Crippen molar-refractivity contribution in [1.82, 2.24) is 10.4 Å². The second-order valence-electron chi connectivity index (χ2n) is 3.17. The van der Waals surface area contributed by atoms with Gasteiger partial charge in [-0.05, 0) is 23.6 Å². The number of carbonyl (C=O) groups is 1. The number of aromatic amines is 1. The largest absolute Gasteiger partial charge is 0.360 e. The highest BCUT2D eigenvalue weighted by atomic mass is 32.1. The third-order valence-electron chi connectivity index (χ3n) is 1.93. The van der Waals surface area contributed by atoms with Crippen molar-refractivity contribution < 1.29 is 4.79 Å². The molecule has 5 heteroatoms. The van der Waals surface area contributed by atoms with E-state index < -0.39 is 0 Å². The van der Waals surface area contributed by atoms with Gasteiger partial charge in [-0.25, -0.2) is 5.43 Å². The fourth-order valence-corrected chi connectivity index (χ4v) is 1.91. The SMILES string of the molecule is O=C(Cc1cccs1)N/N=C\c1ccc[nH]1. The van der Waals surface area contributed by atoms with Gasteiger partial charge >= 0.3 is 0 Å². The number of hydrogen-bond acceptors (Lipinski definition) is 3. The number of hydrazone groups is 1. The molecule has 0 aliphatic heterocycles. The monoisotopic (exact) mass is 233 g/mol. The highest BCUT2D eigenvalue weighted by molar-refractivity contribution is 7.10. The van der Waals surface area contributed by atoms with Gasteiger partial charge in [0.1, 0.15) is 0 Å². The first kappa shape index (κ1) is 10.6. The topological polar surface area (TPSA) is 57.2 Å². The summed E-state index contributed by atoms with van der Waals surface area (Å²) in [6.07, 6.45) is 3.75. The van der Waals surface area contributed by atoms with E-state index in [2.05, 4.69) is 15.5 Å². The fourth-order valence-electron chi connectivity index (χ4n) is 1.21. The van der Waals surface area contributed by atoms with Crippen molar-refractivity contribution in [3.63, 3.8) is 0 Å². The molecule has 0 unspecified atom stereocenters. The van der Waals surface area contributed by atoms with Gasteiger partial charge in [-0.15, -0.1) is 11.3 Å². The van der Waals surface area contributed by atoms with Crippen molar-refractivity contribution in [3.05, 3.63) is 46.4 Å². The summed E-state index contributed by atoms with van der Waals surface area (Å²) in [6, 6.07) is 7.60. The number of carbonyl (C=O) groups excluding carboxylic acids is 1. The predicted molar refractivity (Wildman–Crippen MR) is 64.6 cm³/mol. The van der Waals surface area contributed by atoms with Crippen molar-refractivity contribution in [2.75, 3.05) is 0 Å². The molecule has 0 radical (unpaired) electrons. The molecule has 0 bridgehead atoms. The maximum absolute atomic E-state index is 11.4. The Morgan fingerprint density at radius 1 is 1.50 bits per heavy atom. The highest BCUT2D eigenvalue weighted by Gasteiger charge is 2.01. The molecule has 0 aliphatic rings. The average Bonchev–Trinajstić information content (AvgIpc) is 2.90. The van der Waals surface area contributed by atoms with Crippen LogP contribution in [0.4, 0.5) is 0 Å². The number of nitrogens with one attached hydrogen (secondary N) is 2. The van der Waals surface area contributed by atoms with Crippen molar-refractivity contribution in [2.24, 2.45) is 5.10 Å². The van der Waals surface area contributed by atoms with Crippen molar-refractivity contribution in [2.45, 2.75) is 6.42 Å². The van der Waals surface area contributed by atoms with E-state index in [-0.39, 0.29) is 5.91 Å². The number of nitrogens with zero attached hydrogens (tertiary/aromatic N) is 1. The summed E-state index contributed by atoms with van der Waals surface area (Å²) >= 11 is 1.56. The molecule has 0 aromatic carbocycles. The van der Waals surface area contributed by atoms with Crippen LogP contribution < -0.4 is 5.43 Å². The molecule has 0 aliphatic carbocycles. The molecule has 0 fully saturated rings. The summed E-state index contributed by atoms with van der Waals surface area (Å²) in [6.45, 7) is 0. The lowest BCUT2D eigenvalue weighted by atomic mass is 10.3. The Kier molecular flexibility index (Phi) is 3.50. The Labute approximate surface area is 97.0 Å². The Balaban J connectivity index is 1.80. The number of hydrogen-bond donors (Lipinski definition) is 2. The molecule has 2 heterocycles. The van der Waals surface area contributed by atoms with E-state index in [0.717, 1.165) is 10.6 Å². The van der Waals surface area contributed by atoms with Gasteiger partial charge in [-0.1, -0.05) is 6.07 Å².